The topological polar surface area (TPSA) is 29.5 Å². The Morgan fingerprint density at radius 3 is 2.44 bits per heavy atom. The molecule has 1 aliphatic carbocycles. The van der Waals surface area contributed by atoms with Gasteiger partial charge in [-0.1, -0.05) is 13.8 Å². The Kier molecular flexibility index (Phi) is 4.12. The zero-order valence-electron chi connectivity index (χ0n) is 12.1. The highest BCUT2D eigenvalue weighted by Gasteiger charge is 2.38. The number of ether oxygens (including phenoxy) is 1. The zero-order chi connectivity index (χ0) is 13.2. The van der Waals surface area contributed by atoms with Gasteiger partial charge in [-0.2, -0.15) is 0 Å². The van der Waals surface area contributed by atoms with Crippen molar-refractivity contribution in [3.8, 4) is 0 Å². The summed E-state index contributed by atoms with van der Waals surface area (Å²) in [6, 6.07) is 0.649. The van der Waals surface area contributed by atoms with E-state index in [1.165, 1.54) is 25.7 Å². The van der Waals surface area contributed by atoms with Gasteiger partial charge in [0.1, 0.15) is 6.29 Å². The molecule has 3 heteroatoms. The molecule has 2 aliphatic rings. The lowest BCUT2D eigenvalue weighted by atomic mass is 9.75. The molecule has 0 spiro atoms. The van der Waals surface area contributed by atoms with Crippen molar-refractivity contribution in [2.24, 2.45) is 10.8 Å². The Labute approximate surface area is 111 Å². The maximum Gasteiger partial charge on any atom is 0.129 e. The summed E-state index contributed by atoms with van der Waals surface area (Å²) in [6.45, 7) is 6.94. The molecule has 0 aromatic rings. The summed E-state index contributed by atoms with van der Waals surface area (Å²) in [4.78, 5) is 13.7. The van der Waals surface area contributed by atoms with Crippen molar-refractivity contribution in [1.82, 2.24) is 4.90 Å². The van der Waals surface area contributed by atoms with Gasteiger partial charge in [0.25, 0.3) is 0 Å². The molecule has 2 rings (SSSR count). The molecule has 104 valence electrons. The van der Waals surface area contributed by atoms with Gasteiger partial charge in [-0.25, -0.2) is 0 Å². The average Bonchev–Trinajstić information content (AvgIpc) is 2.78. The van der Waals surface area contributed by atoms with Crippen molar-refractivity contribution in [2.75, 3.05) is 26.8 Å². The smallest absolute Gasteiger partial charge is 0.129 e. The van der Waals surface area contributed by atoms with Gasteiger partial charge in [0.05, 0.1) is 12.0 Å². The molecule has 0 aromatic carbocycles. The molecular formula is C15H27NO2. The third kappa shape index (κ3) is 3.12. The highest BCUT2D eigenvalue weighted by Crippen LogP contribution is 2.37. The fourth-order valence-electron chi connectivity index (χ4n) is 3.33. The number of nitrogens with zero attached hydrogens (tertiary/aromatic N) is 1. The lowest BCUT2D eigenvalue weighted by Crippen LogP contribution is -2.44. The summed E-state index contributed by atoms with van der Waals surface area (Å²) in [6.07, 6.45) is 7.14. The van der Waals surface area contributed by atoms with E-state index in [-0.39, 0.29) is 5.41 Å². The third-order valence-electron chi connectivity index (χ3n) is 4.88. The summed E-state index contributed by atoms with van der Waals surface area (Å²) in [5, 5.41) is 0. The summed E-state index contributed by atoms with van der Waals surface area (Å²) < 4.78 is 5.41. The molecule has 0 bridgehead atoms. The molecule has 0 aromatic heterocycles. The monoisotopic (exact) mass is 253 g/mol. The second-order valence-corrected chi connectivity index (χ2v) is 7.09. The van der Waals surface area contributed by atoms with Gasteiger partial charge < -0.3 is 14.4 Å². The normalized spacial score (nSPS) is 32.9. The quantitative estimate of drug-likeness (QED) is 0.721. The number of rotatable bonds is 4. The van der Waals surface area contributed by atoms with Gasteiger partial charge in [0, 0.05) is 19.2 Å². The predicted octanol–water partition coefficient (Wildman–Crippen LogP) is 2.49. The molecule has 1 atom stereocenters. The van der Waals surface area contributed by atoms with E-state index in [1.807, 2.05) is 0 Å². The highest BCUT2D eigenvalue weighted by molar-refractivity contribution is 5.60. The van der Waals surface area contributed by atoms with Gasteiger partial charge in [0.2, 0.25) is 0 Å². The molecule has 0 radical (unpaired) electrons. The summed E-state index contributed by atoms with van der Waals surface area (Å²) in [5.41, 5.74) is 0.276. The molecule has 1 aliphatic heterocycles. The van der Waals surface area contributed by atoms with Crippen LogP contribution in [-0.2, 0) is 9.53 Å². The summed E-state index contributed by atoms with van der Waals surface area (Å²) in [7, 11) is 2.17. The second kappa shape index (κ2) is 5.30. The maximum absolute atomic E-state index is 11.3. The molecule has 18 heavy (non-hydrogen) atoms. The zero-order valence-corrected chi connectivity index (χ0v) is 12.1. The van der Waals surface area contributed by atoms with Gasteiger partial charge in [-0.15, -0.1) is 0 Å². The SMILES string of the molecule is CN(CC1(C=O)CCOC1)C1CCC(C)(C)CC1. The average molecular weight is 253 g/mol. The Morgan fingerprint density at radius 1 is 1.28 bits per heavy atom. The van der Waals surface area contributed by atoms with E-state index < -0.39 is 0 Å². The molecular weight excluding hydrogens is 226 g/mol. The van der Waals surface area contributed by atoms with Crippen LogP contribution < -0.4 is 0 Å². The van der Waals surface area contributed by atoms with E-state index in [0.29, 0.717) is 18.1 Å². The van der Waals surface area contributed by atoms with Crippen LogP contribution in [0, 0.1) is 10.8 Å². The minimum atomic E-state index is -0.234. The number of hydrogen-bond donors (Lipinski definition) is 0. The van der Waals surface area contributed by atoms with Crippen LogP contribution in [0.1, 0.15) is 46.0 Å². The minimum Gasteiger partial charge on any atom is -0.380 e. The van der Waals surface area contributed by atoms with Crippen LogP contribution in [0.25, 0.3) is 0 Å². The molecule has 1 unspecified atom stereocenters. The summed E-state index contributed by atoms with van der Waals surface area (Å²) in [5.74, 6) is 0. The third-order valence-corrected chi connectivity index (χ3v) is 4.88. The fourth-order valence-corrected chi connectivity index (χ4v) is 3.33. The largest absolute Gasteiger partial charge is 0.380 e. The van der Waals surface area contributed by atoms with Crippen LogP contribution in [0.4, 0.5) is 0 Å². The Hall–Kier alpha value is -0.410. The number of carbonyl (C=O) groups excluding carboxylic acids is 1. The molecule has 0 amide bonds. The first-order chi connectivity index (χ1) is 8.46. The van der Waals surface area contributed by atoms with Gasteiger partial charge in [-0.05, 0) is 44.6 Å². The molecule has 3 nitrogen and oxygen atoms in total. The molecule has 0 N–H and O–H groups in total. The Balaban J connectivity index is 1.88. The van der Waals surface area contributed by atoms with Crippen LogP contribution in [0.15, 0.2) is 0 Å². The van der Waals surface area contributed by atoms with Crippen molar-refractivity contribution in [3.63, 3.8) is 0 Å². The first-order valence-electron chi connectivity index (χ1n) is 7.21. The number of hydrogen-bond acceptors (Lipinski definition) is 3. The van der Waals surface area contributed by atoms with Crippen molar-refractivity contribution < 1.29 is 9.53 Å². The second-order valence-electron chi connectivity index (χ2n) is 7.09. The van der Waals surface area contributed by atoms with Crippen LogP contribution in [0.3, 0.4) is 0 Å². The van der Waals surface area contributed by atoms with Crippen molar-refractivity contribution in [3.05, 3.63) is 0 Å². The minimum absolute atomic E-state index is 0.234. The van der Waals surface area contributed by atoms with E-state index in [4.69, 9.17) is 4.74 Å². The fraction of sp³-hybridized carbons (Fsp3) is 0.933. The molecule has 1 heterocycles. The van der Waals surface area contributed by atoms with Crippen LogP contribution in [0.5, 0.6) is 0 Å². The van der Waals surface area contributed by atoms with Crippen molar-refractivity contribution >= 4 is 6.29 Å². The van der Waals surface area contributed by atoms with E-state index in [2.05, 4.69) is 25.8 Å². The van der Waals surface area contributed by atoms with Gasteiger partial charge in [-0.3, -0.25) is 0 Å². The van der Waals surface area contributed by atoms with Crippen molar-refractivity contribution in [2.45, 2.75) is 52.0 Å². The molecule has 1 saturated heterocycles. The number of aldehydes is 1. The first kappa shape index (κ1) is 14.0. The van der Waals surface area contributed by atoms with Crippen LogP contribution in [0.2, 0.25) is 0 Å². The molecule has 1 saturated carbocycles. The van der Waals surface area contributed by atoms with Gasteiger partial charge >= 0.3 is 0 Å². The standard InChI is InChI=1S/C15H27NO2/c1-14(2)6-4-13(5-7-14)16(3)10-15(11-17)8-9-18-12-15/h11,13H,4-10,12H2,1-3H3. The maximum atomic E-state index is 11.3. The van der Waals surface area contributed by atoms with E-state index in [1.54, 1.807) is 0 Å². The highest BCUT2D eigenvalue weighted by atomic mass is 16.5. The number of carbonyl (C=O) groups is 1. The lowest BCUT2D eigenvalue weighted by molar-refractivity contribution is -0.117. The Morgan fingerprint density at radius 2 is 1.94 bits per heavy atom. The van der Waals surface area contributed by atoms with E-state index >= 15 is 0 Å². The van der Waals surface area contributed by atoms with Crippen molar-refractivity contribution in [1.29, 1.82) is 0 Å². The molecule has 2 fully saturated rings. The first-order valence-corrected chi connectivity index (χ1v) is 7.21. The Bertz CT molecular complexity index is 285. The lowest BCUT2D eigenvalue weighted by Gasteiger charge is -2.40. The van der Waals surface area contributed by atoms with Crippen LogP contribution >= 0.6 is 0 Å². The van der Waals surface area contributed by atoms with E-state index in [9.17, 15) is 4.79 Å². The summed E-state index contributed by atoms with van der Waals surface area (Å²) >= 11 is 0. The van der Waals surface area contributed by atoms with Gasteiger partial charge in [0.15, 0.2) is 0 Å². The predicted molar refractivity (Wildman–Crippen MR) is 72.6 cm³/mol. The van der Waals surface area contributed by atoms with Crippen LogP contribution in [-0.4, -0.2) is 44.0 Å². The van der Waals surface area contributed by atoms with E-state index in [0.717, 1.165) is 25.9 Å².